The van der Waals surface area contributed by atoms with Gasteiger partial charge in [0.15, 0.2) is 0 Å². The van der Waals surface area contributed by atoms with Gasteiger partial charge in [0.05, 0.1) is 0 Å². The van der Waals surface area contributed by atoms with Crippen molar-refractivity contribution in [2.75, 3.05) is 25.0 Å². The molecule has 1 rings (SSSR count). The number of carbonyl (C=O) groups excluding carboxylic acids is 1. The summed E-state index contributed by atoms with van der Waals surface area (Å²) in [5.74, 6) is -0.327. The van der Waals surface area contributed by atoms with Crippen molar-refractivity contribution in [1.29, 1.82) is 0 Å². The predicted molar refractivity (Wildman–Crippen MR) is 81.5 cm³/mol. The van der Waals surface area contributed by atoms with E-state index in [9.17, 15) is 13.2 Å². The molecule has 0 aromatic carbocycles. The Morgan fingerprint density at radius 1 is 1.43 bits per heavy atom. The van der Waals surface area contributed by atoms with Gasteiger partial charge in [-0.25, -0.2) is 8.42 Å². The number of amides is 1. The van der Waals surface area contributed by atoms with Gasteiger partial charge in [-0.15, -0.1) is 10.2 Å². The normalized spacial score (nSPS) is 12.7. The van der Waals surface area contributed by atoms with Gasteiger partial charge in [0.2, 0.25) is 15.4 Å². The van der Waals surface area contributed by atoms with E-state index >= 15 is 0 Å². The summed E-state index contributed by atoms with van der Waals surface area (Å²) in [6.07, 6.45) is 0. The van der Waals surface area contributed by atoms with Crippen molar-refractivity contribution in [2.24, 2.45) is 11.1 Å². The van der Waals surface area contributed by atoms with E-state index in [1.807, 2.05) is 13.8 Å². The second-order valence-electron chi connectivity index (χ2n) is 5.35. The van der Waals surface area contributed by atoms with Gasteiger partial charge in [-0.05, 0) is 12.0 Å². The predicted octanol–water partition coefficient (Wildman–Crippen LogP) is 0.492. The number of nitrogens with one attached hydrogen (secondary N) is 1. The molecule has 3 N–H and O–H groups in total. The quantitative estimate of drug-likeness (QED) is 0.700. The number of anilines is 1. The molecule has 0 unspecified atom stereocenters. The van der Waals surface area contributed by atoms with Crippen LogP contribution in [-0.2, 0) is 14.8 Å². The first kappa shape index (κ1) is 18.0. The monoisotopic (exact) mass is 335 g/mol. The third-order valence-corrected chi connectivity index (χ3v) is 5.86. The lowest BCUT2D eigenvalue weighted by molar-refractivity contribution is -0.114. The highest BCUT2D eigenvalue weighted by Gasteiger charge is 2.31. The Balaban J connectivity index is 3.02. The molecule has 0 radical (unpaired) electrons. The summed E-state index contributed by atoms with van der Waals surface area (Å²) in [7, 11) is -3.74. The second-order valence-corrected chi connectivity index (χ2v) is 8.44. The first-order chi connectivity index (χ1) is 9.62. The molecule has 1 aromatic rings. The van der Waals surface area contributed by atoms with Gasteiger partial charge in [-0.2, -0.15) is 4.31 Å². The zero-order valence-corrected chi connectivity index (χ0v) is 14.2. The van der Waals surface area contributed by atoms with E-state index in [1.54, 1.807) is 6.92 Å². The van der Waals surface area contributed by atoms with E-state index in [1.165, 1.54) is 11.2 Å². The maximum atomic E-state index is 12.5. The van der Waals surface area contributed by atoms with Crippen molar-refractivity contribution in [1.82, 2.24) is 14.5 Å². The summed E-state index contributed by atoms with van der Waals surface area (Å²) < 4.78 is 26.3. The van der Waals surface area contributed by atoms with Crippen molar-refractivity contribution < 1.29 is 13.2 Å². The minimum absolute atomic E-state index is 0.138. The third kappa shape index (κ3) is 4.70. The molecule has 0 aliphatic heterocycles. The van der Waals surface area contributed by atoms with Crippen LogP contribution in [0.2, 0.25) is 0 Å². The number of carbonyl (C=O) groups is 1. The van der Waals surface area contributed by atoms with Crippen molar-refractivity contribution in [2.45, 2.75) is 32.0 Å². The van der Waals surface area contributed by atoms with Gasteiger partial charge in [0.25, 0.3) is 10.0 Å². The SMILES string of the molecule is CCN(CC(C)(C)CN)S(=O)(=O)c1nnc(NC(C)=O)s1. The number of hydrogen-bond donors (Lipinski definition) is 2. The number of rotatable bonds is 7. The Labute approximate surface area is 128 Å². The van der Waals surface area contributed by atoms with E-state index in [2.05, 4.69) is 15.5 Å². The van der Waals surface area contributed by atoms with Crippen molar-refractivity contribution >= 4 is 32.4 Å². The van der Waals surface area contributed by atoms with Gasteiger partial charge in [0, 0.05) is 20.0 Å². The Bertz CT molecular complexity index is 597. The molecule has 1 heterocycles. The van der Waals surface area contributed by atoms with Crippen LogP contribution in [0.3, 0.4) is 0 Å². The summed E-state index contributed by atoms with van der Waals surface area (Å²) in [6.45, 7) is 7.82. The van der Waals surface area contributed by atoms with E-state index in [4.69, 9.17) is 5.73 Å². The minimum atomic E-state index is -3.74. The fourth-order valence-electron chi connectivity index (χ4n) is 1.53. The van der Waals surface area contributed by atoms with Crippen LogP contribution in [-0.4, -0.2) is 48.5 Å². The number of nitrogens with zero attached hydrogens (tertiary/aromatic N) is 3. The fraction of sp³-hybridized carbons (Fsp3) is 0.727. The molecule has 0 atom stereocenters. The summed E-state index contributed by atoms with van der Waals surface area (Å²) in [6, 6.07) is 0. The summed E-state index contributed by atoms with van der Waals surface area (Å²) in [5.41, 5.74) is 5.32. The molecule has 1 aromatic heterocycles. The zero-order chi connectivity index (χ0) is 16.3. The molecule has 8 nitrogen and oxygen atoms in total. The van der Waals surface area contributed by atoms with E-state index in [0.717, 1.165) is 11.3 Å². The first-order valence-corrected chi connectivity index (χ1v) is 8.69. The van der Waals surface area contributed by atoms with Crippen LogP contribution in [0.5, 0.6) is 0 Å². The molecule has 0 spiro atoms. The Hall–Kier alpha value is -1.10. The molecule has 10 heteroatoms. The van der Waals surface area contributed by atoms with Crippen LogP contribution < -0.4 is 11.1 Å². The molecule has 0 aliphatic rings. The van der Waals surface area contributed by atoms with Crippen LogP contribution in [0.1, 0.15) is 27.7 Å². The van der Waals surface area contributed by atoms with E-state index in [-0.39, 0.29) is 27.3 Å². The van der Waals surface area contributed by atoms with Crippen molar-refractivity contribution in [3.05, 3.63) is 0 Å². The largest absolute Gasteiger partial charge is 0.330 e. The van der Waals surface area contributed by atoms with Crippen LogP contribution in [0.4, 0.5) is 5.13 Å². The van der Waals surface area contributed by atoms with Crippen molar-refractivity contribution in [3.8, 4) is 0 Å². The highest BCUT2D eigenvalue weighted by atomic mass is 32.2. The number of sulfonamides is 1. The molecule has 21 heavy (non-hydrogen) atoms. The van der Waals surface area contributed by atoms with E-state index < -0.39 is 10.0 Å². The molecule has 0 bridgehead atoms. The molecule has 0 fully saturated rings. The molecule has 120 valence electrons. The average Bonchev–Trinajstić information content (AvgIpc) is 2.84. The molecule has 0 saturated carbocycles. The topological polar surface area (TPSA) is 118 Å². The minimum Gasteiger partial charge on any atom is -0.330 e. The highest BCUT2D eigenvalue weighted by molar-refractivity contribution is 7.91. The zero-order valence-electron chi connectivity index (χ0n) is 12.6. The summed E-state index contributed by atoms with van der Waals surface area (Å²) in [4.78, 5) is 10.9. The lowest BCUT2D eigenvalue weighted by Gasteiger charge is -2.29. The van der Waals surface area contributed by atoms with Crippen molar-refractivity contribution in [3.63, 3.8) is 0 Å². The maximum absolute atomic E-state index is 12.5. The Kier molecular flexibility index (Phi) is 5.79. The standard InChI is InChI=1S/C11H21N5O3S2/c1-5-16(7-11(3,4)6-12)21(18,19)10-15-14-9(20-10)13-8(2)17/h5-7,12H2,1-4H3,(H,13,14,17). The smallest absolute Gasteiger partial charge is 0.272 e. The maximum Gasteiger partial charge on any atom is 0.272 e. The Morgan fingerprint density at radius 3 is 2.52 bits per heavy atom. The van der Waals surface area contributed by atoms with Crippen LogP contribution in [0, 0.1) is 5.41 Å². The average molecular weight is 335 g/mol. The number of hydrogen-bond acceptors (Lipinski definition) is 7. The second kappa shape index (κ2) is 6.77. The van der Waals surface area contributed by atoms with Crippen LogP contribution in [0.25, 0.3) is 0 Å². The van der Waals surface area contributed by atoms with Crippen LogP contribution >= 0.6 is 11.3 Å². The highest BCUT2D eigenvalue weighted by Crippen LogP contribution is 2.25. The van der Waals surface area contributed by atoms with Gasteiger partial charge in [0.1, 0.15) is 0 Å². The molecule has 0 saturated heterocycles. The number of nitrogens with two attached hydrogens (primary N) is 1. The van der Waals surface area contributed by atoms with Gasteiger partial charge < -0.3 is 11.1 Å². The van der Waals surface area contributed by atoms with Gasteiger partial charge in [-0.1, -0.05) is 32.1 Å². The lowest BCUT2D eigenvalue weighted by atomic mass is 9.94. The van der Waals surface area contributed by atoms with Gasteiger partial charge in [-0.3, -0.25) is 4.79 Å². The molecule has 0 aliphatic carbocycles. The van der Waals surface area contributed by atoms with Gasteiger partial charge >= 0.3 is 0 Å². The molecular weight excluding hydrogens is 314 g/mol. The Morgan fingerprint density at radius 2 is 2.05 bits per heavy atom. The molecular formula is C11H21N5O3S2. The number of aromatic nitrogens is 2. The summed E-state index contributed by atoms with van der Waals surface area (Å²) >= 11 is 0.830. The third-order valence-electron chi connectivity index (χ3n) is 2.76. The fourth-order valence-corrected chi connectivity index (χ4v) is 4.26. The van der Waals surface area contributed by atoms with E-state index in [0.29, 0.717) is 13.1 Å². The molecule has 1 amide bonds. The first-order valence-electron chi connectivity index (χ1n) is 6.43. The summed E-state index contributed by atoms with van der Waals surface area (Å²) in [5, 5.41) is 9.90. The lowest BCUT2D eigenvalue weighted by Crippen LogP contribution is -2.41. The van der Waals surface area contributed by atoms with Crippen LogP contribution in [0.15, 0.2) is 4.34 Å².